The highest BCUT2D eigenvalue weighted by Crippen LogP contribution is 2.24. The molecule has 0 bridgehead atoms. The Labute approximate surface area is 192 Å². The maximum atomic E-state index is 12.4. The molecule has 0 spiro atoms. The summed E-state index contributed by atoms with van der Waals surface area (Å²) in [5, 5.41) is 7.42. The number of rotatable bonds is 7. The van der Waals surface area contributed by atoms with Crippen LogP contribution in [0.2, 0.25) is 0 Å². The van der Waals surface area contributed by atoms with E-state index in [2.05, 4.69) is 20.4 Å². The molecule has 4 aromatic rings. The summed E-state index contributed by atoms with van der Waals surface area (Å²) in [6.45, 7) is 6.00. The predicted molar refractivity (Wildman–Crippen MR) is 125 cm³/mol. The van der Waals surface area contributed by atoms with Crippen LogP contribution in [0.5, 0.6) is 17.4 Å². The number of ether oxygens (including phenoxy) is 2. The van der Waals surface area contributed by atoms with Crippen molar-refractivity contribution >= 4 is 11.6 Å². The molecule has 2 aromatic carbocycles. The molecule has 1 amide bonds. The van der Waals surface area contributed by atoms with E-state index in [1.54, 1.807) is 42.1 Å². The molecular weight excluding hydrogens is 418 g/mol. The van der Waals surface area contributed by atoms with E-state index in [-0.39, 0.29) is 12.3 Å². The van der Waals surface area contributed by atoms with Crippen LogP contribution >= 0.6 is 0 Å². The maximum absolute atomic E-state index is 12.4. The van der Waals surface area contributed by atoms with Gasteiger partial charge in [0, 0.05) is 23.0 Å². The number of aryl methyl sites for hydroxylation is 1. The third kappa shape index (κ3) is 5.01. The molecule has 0 aliphatic carbocycles. The van der Waals surface area contributed by atoms with Gasteiger partial charge in [0.25, 0.3) is 0 Å². The van der Waals surface area contributed by atoms with E-state index in [0.29, 0.717) is 28.9 Å². The summed E-state index contributed by atoms with van der Waals surface area (Å²) in [6, 6.07) is 16.3. The van der Waals surface area contributed by atoms with Gasteiger partial charge in [-0.05, 0) is 56.7 Å². The molecule has 0 saturated heterocycles. The molecule has 0 fully saturated rings. The molecule has 2 aromatic heterocycles. The summed E-state index contributed by atoms with van der Waals surface area (Å²) in [6.07, 6.45) is 1.67. The Morgan fingerprint density at radius 1 is 1.03 bits per heavy atom. The van der Waals surface area contributed by atoms with Crippen molar-refractivity contribution in [1.29, 1.82) is 0 Å². The lowest BCUT2D eigenvalue weighted by Crippen LogP contribution is -2.14. The van der Waals surface area contributed by atoms with Crippen molar-refractivity contribution in [2.45, 2.75) is 27.2 Å². The van der Waals surface area contributed by atoms with Gasteiger partial charge in [-0.1, -0.05) is 18.2 Å². The zero-order chi connectivity index (χ0) is 23.4. The second-order valence-corrected chi connectivity index (χ2v) is 7.59. The first-order valence-electron chi connectivity index (χ1n) is 10.5. The van der Waals surface area contributed by atoms with E-state index < -0.39 is 0 Å². The number of benzene rings is 2. The fourth-order valence-corrected chi connectivity index (χ4v) is 3.40. The topological polar surface area (TPSA) is 91.2 Å². The molecule has 8 heteroatoms. The number of aromatic nitrogens is 4. The van der Waals surface area contributed by atoms with Gasteiger partial charge in [-0.3, -0.25) is 4.79 Å². The minimum atomic E-state index is -0.131. The van der Waals surface area contributed by atoms with E-state index in [0.717, 1.165) is 22.5 Å². The molecule has 1 N–H and O–H groups in total. The van der Waals surface area contributed by atoms with Crippen LogP contribution in [0.3, 0.4) is 0 Å². The summed E-state index contributed by atoms with van der Waals surface area (Å²) in [4.78, 5) is 20.9. The first-order valence-corrected chi connectivity index (χ1v) is 10.5. The zero-order valence-electron chi connectivity index (χ0n) is 19.0. The number of anilines is 1. The summed E-state index contributed by atoms with van der Waals surface area (Å²) >= 11 is 0. The minimum Gasteiger partial charge on any atom is -0.496 e. The van der Waals surface area contributed by atoms with Crippen LogP contribution in [0.1, 0.15) is 22.5 Å². The monoisotopic (exact) mass is 443 g/mol. The highest BCUT2D eigenvalue weighted by atomic mass is 16.5. The fraction of sp³-hybridized carbons (Fsp3) is 0.200. The van der Waals surface area contributed by atoms with Crippen LogP contribution in [-0.4, -0.2) is 32.8 Å². The lowest BCUT2D eigenvalue weighted by molar-refractivity contribution is -0.115. The molecule has 0 radical (unpaired) electrons. The van der Waals surface area contributed by atoms with Crippen molar-refractivity contribution in [3.8, 4) is 23.2 Å². The van der Waals surface area contributed by atoms with Gasteiger partial charge < -0.3 is 14.8 Å². The Balaban J connectivity index is 1.42. The molecule has 0 unspecified atom stereocenters. The molecule has 0 atom stereocenters. The van der Waals surface area contributed by atoms with Gasteiger partial charge >= 0.3 is 0 Å². The number of carbonyl (C=O) groups excluding carboxylic acids is 1. The normalized spacial score (nSPS) is 10.7. The van der Waals surface area contributed by atoms with Gasteiger partial charge in [0.15, 0.2) is 5.82 Å². The third-order valence-electron chi connectivity index (χ3n) is 5.40. The van der Waals surface area contributed by atoms with E-state index in [1.165, 1.54) is 6.33 Å². The number of amides is 1. The first-order chi connectivity index (χ1) is 15.9. The summed E-state index contributed by atoms with van der Waals surface area (Å²) in [5.74, 6) is 2.18. The molecule has 8 nitrogen and oxygen atoms in total. The molecule has 33 heavy (non-hydrogen) atoms. The van der Waals surface area contributed by atoms with E-state index in [1.807, 2.05) is 45.0 Å². The minimum absolute atomic E-state index is 0.131. The van der Waals surface area contributed by atoms with E-state index >= 15 is 0 Å². The average molecular weight is 444 g/mol. The molecule has 4 rings (SSSR count). The van der Waals surface area contributed by atoms with Crippen LogP contribution in [-0.2, 0) is 11.2 Å². The summed E-state index contributed by atoms with van der Waals surface area (Å²) in [5.41, 5.74) is 4.60. The Morgan fingerprint density at radius 2 is 1.79 bits per heavy atom. The first kappa shape index (κ1) is 22.0. The molecule has 0 saturated carbocycles. The second kappa shape index (κ2) is 9.52. The van der Waals surface area contributed by atoms with Crippen LogP contribution in [0.4, 0.5) is 5.69 Å². The third-order valence-corrected chi connectivity index (χ3v) is 5.40. The van der Waals surface area contributed by atoms with Gasteiger partial charge in [0.2, 0.25) is 11.8 Å². The summed E-state index contributed by atoms with van der Waals surface area (Å²) in [7, 11) is 1.59. The second-order valence-electron chi connectivity index (χ2n) is 7.59. The summed E-state index contributed by atoms with van der Waals surface area (Å²) < 4.78 is 13.0. The Morgan fingerprint density at radius 3 is 2.48 bits per heavy atom. The van der Waals surface area contributed by atoms with Gasteiger partial charge in [0.1, 0.15) is 17.8 Å². The van der Waals surface area contributed by atoms with Crippen LogP contribution < -0.4 is 14.8 Å². The largest absolute Gasteiger partial charge is 0.496 e. The number of para-hydroxylation sites is 1. The van der Waals surface area contributed by atoms with Crippen molar-refractivity contribution < 1.29 is 14.3 Å². The van der Waals surface area contributed by atoms with Crippen LogP contribution in [0, 0.1) is 20.8 Å². The highest BCUT2D eigenvalue weighted by molar-refractivity contribution is 5.92. The van der Waals surface area contributed by atoms with Crippen molar-refractivity contribution in [2.75, 3.05) is 12.4 Å². The van der Waals surface area contributed by atoms with Crippen LogP contribution in [0.25, 0.3) is 5.82 Å². The van der Waals surface area contributed by atoms with Gasteiger partial charge in [-0.2, -0.15) is 5.10 Å². The van der Waals surface area contributed by atoms with Crippen molar-refractivity contribution in [3.63, 3.8) is 0 Å². The van der Waals surface area contributed by atoms with E-state index in [9.17, 15) is 4.79 Å². The van der Waals surface area contributed by atoms with Gasteiger partial charge in [0.05, 0.1) is 19.2 Å². The standard InChI is InChI=1S/C25H25N5O3/c1-16-17(2)29-30(18(16)3)23-14-25(27-15-26-23)33-21-11-9-20(10-12-21)28-24(31)13-19-7-5-6-8-22(19)32-4/h5-12,14-15H,13H2,1-4H3,(H,28,31). The number of nitrogens with zero attached hydrogens (tertiary/aromatic N) is 4. The van der Waals surface area contributed by atoms with Crippen LogP contribution in [0.15, 0.2) is 60.9 Å². The van der Waals surface area contributed by atoms with Crippen molar-refractivity contribution in [2.24, 2.45) is 0 Å². The van der Waals surface area contributed by atoms with Gasteiger partial charge in [-0.15, -0.1) is 0 Å². The van der Waals surface area contributed by atoms with Crippen molar-refractivity contribution in [1.82, 2.24) is 19.7 Å². The molecular formula is C25H25N5O3. The molecule has 2 heterocycles. The number of hydrogen-bond donors (Lipinski definition) is 1. The Kier molecular flexibility index (Phi) is 6.35. The van der Waals surface area contributed by atoms with E-state index in [4.69, 9.17) is 9.47 Å². The number of nitrogens with one attached hydrogen (secondary N) is 1. The number of carbonyl (C=O) groups is 1. The average Bonchev–Trinajstić information content (AvgIpc) is 3.08. The van der Waals surface area contributed by atoms with Crippen molar-refractivity contribution in [3.05, 3.63) is 83.4 Å². The molecule has 0 aliphatic heterocycles. The van der Waals surface area contributed by atoms with Gasteiger partial charge in [-0.25, -0.2) is 14.6 Å². The lowest BCUT2D eigenvalue weighted by atomic mass is 10.1. The smallest absolute Gasteiger partial charge is 0.228 e. The number of methoxy groups -OCH3 is 1. The Hall–Kier alpha value is -4.20. The SMILES string of the molecule is COc1ccccc1CC(=O)Nc1ccc(Oc2cc(-n3nc(C)c(C)c3C)ncn2)cc1. The highest BCUT2D eigenvalue weighted by Gasteiger charge is 2.12. The molecule has 168 valence electrons. The molecule has 0 aliphatic rings. The number of hydrogen-bond acceptors (Lipinski definition) is 6. The zero-order valence-corrected chi connectivity index (χ0v) is 19.0. The Bertz CT molecular complexity index is 1280. The fourth-order valence-electron chi connectivity index (χ4n) is 3.40. The maximum Gasteiger partial charge on any atom is 0.228 e. The predicted octanol–water partition coefficient (Wildman–Crippen LogP) is 4.57. The quantitative estimate of drug-likeness (QED) is 0.450. The lowest BCUT2D eigenvalue weighted by Gasteiger charge is -2.10.